The molecule has 0 radical (unpaired) electrons. The molecule has 0 aliphatic carbocycles. The van der Waals surface area contributed by atoms with Gasteiger partial charge in [0.2, 0.25) is 0 Å². The van der Waals surface area contributed by atoms with Crippen LogP contribution in [0.4, 0.5) is 0 Å². The van der Waals surface area contributed by atoms with E-state index in [4.69, 9.17) is 4.98 Å². The van der Waals surface area contributed by atoms with E-state index in [-0.39, 0.29) is 0 Å². The first-order valence-corrected chi connectivity index (χ1v) is 9.16. The van der Waals surface area contributed by atoms with Crippen LogP contribution in [-0.2, 0) is 6.54 Å². The quantitative estimate of drug-likeness (QED) is 0.516. The van der Waals surface area contributed by atoms with Crippen LogP contribution in [0.2, 0.25) is 0 Å². The van der Waals surface area contributed by atoms with Crippen molar-refractivity contribution in [1.29, 1.82) is 0 Å². The Kier molecular flexibility index (Phi) is 4.86. The smallest absolute Gasteiger partial charge is 0.138 e. The molecule has 1 aromatic heterocycles. The van der Waals surface area contributed by atoms with E-state index < -0.39 is 0 Å². The highest BCUT2D eigenvalue weighted by molar-refractivity contribution is 5.81. The molecule has 0 saturated carbocycles. The summed E-state index contributed by atoms with van der Waals surface area (Å²) in [7, 11) is 4.17. The minimum absolute atomic E-state index is 0.873. The van der Waals surface area contributed by atoms with Crippen LogP contribution in [0.15, 0.2) is 84.9 Å². The average Bonchev–Trinajstić information content (AvgIpc) is 3.15. The molecule has 4 aromatic rings. The third-order valence-electron chi connectivity index (χ3n) is 4.57. The molecule has 3 nitrogen and oxygen atoms in total. The number of nitrogens with zero attached hydrogens (tertiary/aromatic N) is 2. The van der Waals surface area contributed by atoms with E-state index in [1.807, 2.05) is 12.1 Å². The van der Waals surface area contributed by atoms with Crippen molar-refractivity contribution >= 4 is 0 Å². The molecule has 3 heteroatoms. The Hall–Kier alpha value is -3.17. The van der Waals surface area contributed by atoms with Gasteiger partial charge in [-0.25, -0.2) is 4.98 Å². The van der Waals surface area contributed by atoms with Crippen LogP contribution in [0.5, 0.6) is 0 Å². The van der Waals surface area contributed by atoms with Crippen LogP contribution < -0.4 is 0 Å². The van der Waals surface area contributed by atoms with Crippen LogP contribution in [-0.4, -0.2) is 29.0 Å². The van der Waals surface area contributed by atoms with Crippen LogP contribution in [0.25, 0.3) is 33.9 Å². The fourth-order valence-electron chi connectivity index (χ4n) is 3.35. The maximum absolute atomic E-state index is 5.02. The fourth-order valence-corrected chi connectivity index (χ4v) is 3.35. The predicted molar refractivity (Wildman–Crippen MR) is 112 cm³/mol. The van der Waals surface area contributed by atoms with Crippen LogP contribution in [0.1, 0.15) is 5.56 Å². The fraction of sp³-hybridized carbons (Fsp3) is 0.125. The second-order valence-corrected chi connectivity index (χ2v) is 6.94. The maximum atomic E-state index is 5.02. The normalized spacial score (nSPS) is 11.1. The van der Waals surface area contributed by atoms with Crippen molar-refractivity contribution in [1.82, 2.24) is 14.9 Å². The molecule has 0 amide bonds. The second-order valence-electron chi connectivity index (χ2n) is 6.94. The highest BCUT2D eigenvalue weighted by Gasteiger charge is 2.16. The first-order chi connectivity index (χ1) is 13.2. The standard InChI is InChI=1S/C24H23N3/c1-27(2)17-20-15-9-10-16-21(20)24-25-22(18-11-5-3-6-12-18)23(26-24)19-13-7-4-8-14-19/h3-16H,17H2,1-2H3,(H,25,26). The summed E-state index contributed by atoms with van der Waals surface area (Å²) >= 11 is 0. The van der Waals surface area contributed by atoms with Crippen molar-refractivity contribution in [2.45, 2.75) is 6.54 Å². The van der Waals surface area contributed by atoms with E-state index in [1.54, 1.807) is 0 Å². The molecule has 27 heavy (non-hydrogen) atoms. The first kappa shape index (κ1) is 17.3. The number of aromatic nitrogens is 2. The summed E-state index contributed by atoms with van der Waals surface area (Å²) in [6, 6.07) is 29.2. The zero-order valence-electron chi connectivity index (χ0n) is 15.7. The number of nitrogens with one attached hydrogen (secondary N) is 1. The number of rotatable bonds is 5. The first-order valence-electron chi connectivity index (χ1n) is 9.16. The van der Waals surface area contributed by atoms with Gasteiger partial charge >= 0.3 is 0 Å². The molecule has 1 heterocycles. The zero-order valence-corrected chi connectivity index (χ0v) is 15.7. The Morgan fingerprint density at radius 3 is 2.00 bits per heavy atom. The second kappa shape index (κ2) is 7.60. The third kappa shape index (κ3) is 3.69. The van der Waals surface area contributed by atoms with Gasteiger partial charge in [-0.2, -0.15) is 0 Å². The summed E-state index contributed by atoms with van der Waals surface area (Å²) in [6.45, 7) is 0.873. The molecular formula is C24H23N3. The summed E-state index contributed by atoms with van der Waals surface area (Å²) in [6.07, 6.45) is 0. The molecule has 0 aliphatic rings. The van der Waals surface area contributed by atoms with Crippen molar-refractivity contribution in [2.75, 3.05) is 14.1 Å². The number of benzene rings is 3. The largest absolute Gasteiger partial charge is 0.337 e. The maximum Gasteiger partial charge on any atom is 0.138 e. The molecule has 0 atom stereocenters. The zero-order chi connectivity index (χ0) is 18.6. The van der Waals surface area contributed by atoms with Gasteiger partial charge in [0.05, 0.1) is 11.4 Å². The highest BCUT2D eigenvalue weighted by atomic mass is 15.0. The lowest BCUT2D eigenvalue weighted by Crippen LogP contribution is -2.11. The van der Waals surface area contributed by atoms with E-state index in [2.05, 4.69) is 96.8 Å². The molecule has 134 valence electrons. The van der Waals surface area contributed by atoms with Crippen molar-refractivity contribution in [2.24, 2.45) is 0 Å². The molecule has 0 saturated heterocycles. The Labute approximate surface area is 160 Å². The molecule has 0 fully saturated rings. The van der Waals surface area contributed by atoms with Crippen molar-refractivity contribution in [3.05, 3.63) is 90.5 Å². The SMILES string of the molecule is CN(C)Cc1ccccc1-c1nc(-c2ccccc2)c(-c2ccccc2)[nH]1. The highest BCUT2D eigenvalue weighted by Crippen LogP contribution is 2.33. The molecule has 0 bridgehead atoms. The molecule has 4 rings (SSSR count). The van der Waals surface area contributed by atoms with Gasteiger partial charge in [0, 0.05) is 23.2 Å². The minimum atomic E-state index is 0.873. The molecule has 3 aromatic carbocycles. The van der Waals surface area contributed by atoms with E-state index in [0.29, 0.717) is 0 Å². The van der Waals surface area contributed by atoms with Gasteiger partial charge in [0.1, 0.15) is 5.82 Å². The van der Waals surface area contributed by atoms with Crippen LogP contribution >= 0.6 is 0 Å². The van der Waals surface area contributed by atoms with Crippen LogP contribution in [0.3, 0.4) is 0 Å². The molecule has 1 N–H and O–H groups in total. The number of H-pyrrole nitrogens is 1. The summed E-state index contributed by atoms with van der Waals surface area (Å²) in [5, 5.41) is 0. The summed E-state index contributed by atoms with van der Waals surface area (Å²) in [4.78, 5) is 10.8. The molecule has 0 aliphatic heterocycles. The Morgan fingerprint density at radius 1 is 0.741 bits per heavy atom. The number of hydrogen-bond donors (Lipinski definition) is 1. The lowest BCUT2D eigenvalue weighted by molar-refractivity contribution is 0.403. The molecular weight excluding hydrogens is 330 g/mol. The van der Waals surface area contributed by atoms with Gasteiger partial charge in [-0.3, -0.25) is 0 Å². The van der Waals surface area contributed by atoms with Crippen LogP contribution in [0, 0.1) is 0 Å². The molecule has 0 unspecified atom stereocenters. The Balaban J connectivity index is 1.88. The molecule has 0 spiro atoms. The lowest BCUT2D eigenvalue weighted by Gasteiger charge is -2.12. The van der Waals surface area contributed by atoms with Crippen molar-refractivity contribution in [3.8, 4) is 33.9 Å². The van der Waals surface area contributed by atoms with Gasteiger partial charge in [0.25, 0.3) is 0 Å². The number of hydrogen-bond acceptors (Lipinski definition) is 2. The van der Waals surface area contributed by atoms with Gasteiger partial charge in [-0.1, -0.05) is 84.9 Å². The van der Waals surface area contributed by atoms with E-state index in [0.717, 1.165) is 40.4 Å². The topological polar surface area (TPSA) is 31.9 Å². The van der Waals surface area contributed by atoms with E-state index in [9.17, 15) is 0 Å². The summed E-state index contributed by atoms with van der Waals surface area (Å²) < 4.78 is 0. The van der Waals surface area contributed by atoms with Crippen molar-refractivity contribution in [3.63, 3.8) is 0 Å². The van der Waals surface area contributed by atoms with Gasteiger partial charge in [-0.15, -0.1) is 0 Å². The number of aromatic amines is 1. The van der Waals surface area contributed by atoms with Crippen molar-refractivity contribution < 1.29 is 0 Å². The minimum Gasteiger partial charge on any atom is -0.337 e. The summed E-state index contributed by atoms with van der Waals surface area (Å²) in [5.74, 6) is 0.908. The van der Waals surface area contributed by atoms with Gasteiger partial charge in [-0.05, 0) is 19.7 Å². The third-order valence-corrected chi connectivity index (χ3v) is 4.57. The monoisotopic (exact) mass is 353 g/mol. The van der Waals surface area contributed by atoms with E-state index in [1.165, 1.54) is 5.56 Å². The average molecular weight is 353 g/mol. The van der Waals surface area contributed by atoms with E-state index >= 15 is 0 Å². The van der Waals surface area contributed by atoms with Gasteiger partial charge in [0.15, 0.2) is 0 Å². The lowest BCUT2D eigenvalue weighted by atomic mass is 10.1. The Bertz CT molecular complexity index is 961. The van der Waals surface area contributed by atoms with Gasteiger partial charge < -0.3 is 9.88 Å². The predicted octanol–water partition coefficient (Wildman–Crippen LogP) is 5.47. The number of imidazole rings is 1. The Morgan fingerprint density at radius 2 is 1.33 bits per heavy atom. The summed E-state index contributed by atoms with van der Waals surface area (Å²) in [5.41, 5.74) is 6.69.